The van der Waals surface area contributed by atoms with Crippen LogP contribution in [-0.4, -0.2) is 49.9 Å². The van der Waals surface area contributed by atoms with Crippen molar-refractivity contribution in [1.29, 1.82) is 0 Å². The average Bonchev–Trinajstić information content (AvgIpc) is 2.48. The van der Waals surface area contributed by atoms with E-state index in [0.29, 0.717) is 24.2 Å². The van der Waals surface area contributed by atoms with Crippen molar-refractivity contribution in [2.45, 2.75) is 38.1 Å². The van der Waals surface area contributed by atoms with Crippen molar-refractivity contribution in [1.82, 2.24) is 10.2 Å². The molecule has 1 fully saturated rings. The van der Waals surface area contributed by atoms with Crippen LogP contribution in [-0.2, 0) is 4.74 Å². The van der Waals surface area contributed by atoms with Gasteiger partial charge in [0.25, 0.3) is 0 Å². The molecule has 0 bridgehead atoms. The van der Waals surface area contributed by atoms with Gasteiger partial charge in [0.1, 0.15) is 12.4 Å². The number of rotatable bonds is 2. The molecule has 2 aliphatic rings. The summed E-state index contributed by atoms with van der Waals surface area (Å²) in [5.74, 6) is 1.01. The van der Waals surface area contributed by atoms with Gasteiger partial charge in [-0.2, -0.15) is 0 Å². The number of fused-ring (bicyclic) bond motifs is 1. The summed E-state index contributed by atoms with van der Waals surface area (Å²) in [7, 11) is 2.04. The zero-order valence-corrected chi connectivity index (χ0v) is 12.5. The van der Waals surface area contributed by atoms with Gasteiger partial charge in [0, 0.05) is 18.2 Å². The summed E-state index contributed by atoms with van der Waals surface area (Å²) >= 11 is 0. The van der Waals surface area contributed by atoms with Crippen molar-refractivity contribution in [2.75, 3.05) is 26.8 Å². The molecular weight excluding hydrogens is 252 g/mol. The summed E-state index contributed by atoms with van der Waals surface area (Å²) in [5.41, 5.74) is 1.26. The minimum Gasteiger partial charge on any atom is -0.492 e. The highest BCUT2D eigenvalue weighted by molar-refractivity contribution is 5.38. The van der Waals surface area contributed by atoms with Crippen LogP contribution in [0.2, 0.25) is 0 Å². The van der Waals surface area contributed by atoms with Gasteiger partial charge in [-0.15, -0.1) is 0 Å². The molecule has 3 rings (SSSR count). The minimum absolute atomic E-state index is 0.292. The molecule has 2 aliphatic heterocycles. The summed E-state index contributed by atoms with van der Waals surface area (Å²) in [5, 5.41) is 3.48. The molecule has 1 N–H and O–H groups in total. The molecule has 4 nitrogen and oxygen atoms in total. The Morgan fingerprint density at radius 3 is 2.80 bits per heavy atom. The van der Waals surface area contributed by atoms with E-state index in [2.05, 4.69) is 42.3 Å². The van der Waals surface area contributed by atoms with Gasteiger partial charge in [0.15, 0.2) is 0 Å². The van der Waals surface area contributed by atoms with E-state index >= 15 is 0 Å². The summed E-state index contributed by atoms with van der Waals surface area (Å²) in [6.07, 6.45) is 0.292. The number of likely N-dealkylation sites (N-methyl/N-ethyl adjacent to an activating group) is 1. The molecule has 1 aromatic carbocycles. The molecular formula is C16H24N2O2. The lowest BCUT2D eigenvalue weighted by molar-refractivity contribution is -0.0806. The van der Waals surface area contributed by atoms with E-state index in [1.165, 1.54) is 5.56 Å². The van der Waals surface area contributed by atoms with E-state index in [1.54, 1.807) is 0 Å². The first-order chi connectivity index (χ1) is 9.70. The lowest BCUT2D eigenvalue weighted by atomic mass is 9.93. The van der Waals surface area contributed by atoms with Gasteiger partial charge >= 0.3 is 0 Å². The Bertz CT molecular complexity index is 466. The van der Waals surface area contributed by atoms with Crippen LogP contribution in [0.15, 0.2) is 24.3 Å². The van der Waals surface area contributed by atoms with Gasteiger partial charge in [-0.05, 0) is 27.0 Å². The summed E-state index contributed by atoms with van der Waals surface area (Å²) in [6.45, 7) is 6.88. The van der Waals surface area contributed by atoms with Gasteiger partial charge in [-0.25, -0.2) is 0 Å². The molecule has 110 valence electrons. The van der Waals surface area contributed by atoms with Crippen LogP contribution in [0.4, 0.5) is 0 Å². The van der Waals surface area contributed by atoms with E-state index < -0.39 is 0 Å². The van der Waals surface area contributed by atoms with Crippen LogP contribution in [0.1, 0.15) is 25.5 Å². The molecule has 0 spiro atoms. The lowest BCUT2D eigenvalue weighted by Gasteiger charge is -2.46. The maximum absolute atomic E-state index is 5.98. The number of nitrogens with one attached hydrogen (secondary N) is 1. The molecule has 1 saturated heterocycles. The molecule has 0 aliphatic carbocycles. The van der Waals surface area contributed by atoms with Gasteiger partial charge in [-0.1, -0.05) is 18.2 Å². The monoisotopic (exact) mass is 276 g/mol. The van der Waals surface area contributed by atoms with Crippen molar-refractivity contribution in [3.8, 4) is 5.75 Å². The second kappa shape index (κ2) is 5.72. The lowest BCUT2D eigenvalue weighted by Crippen LogP contribution is -2.58. The molecule has 20 heavy (non-hydrogen) atoms. The topological polar surface area (TPSA) is 33.7 Å². The maximum atomic E-state index is 5.98. The highest BCUT2D eigenvalue weighted by Crippen LogP contribution is 2.35. The molecule has 0 aromatic heterocycles. The molecule has 0 radical (unpaired) electrons. The molecule has 0 amide bonds. The highest BCUT2D eigenvalue weighted by Gasteiger charge is 2.38. The predicted octanol–water partition coefficient (Wildman–Crippen LogP) is 1.82. The minimum atomic E-state index is 0.292. The van der Waals surface area contributed by atoms with Crippen LogP contribution < -0.4 is 10.1 Å². The number of para-hydroxylation sites is 1. The average molecular weight is 276 g/mol. The number of ether oxygens (including phenoxy) is 2. The summed E-state index contributed by atoms with van der Waals surface area (Å²) in [6, 6.07) is 9.44. The molecule has 4 heteroatoms. The Kier molecular flexibility index (Phi) is 3.96. The highest BCUT2D eigenvalue weighted by atomic mass is 16.5. The SMILES string of the molecule is CNC1c2ccccc2OCC1N1CC(C)OCC1C. The van der Waals surface area contributed by atoms with Gasteiger partial charge in [0.05, 0.1) is 24.8 Å². The fourth-order valence-corrected chi connectivity index (χ4v) is 3.37. The quantitative estimate of drug-likeness (QED) is 0.893. The Morgan fingerprint density at radius 2 is 2.00 bits per heavy atom. The first-order valence-electron chi connectivity index (χ1n) is 7.47. The Labute approximate surface area is 121 Å². The number of hydrogen-bond donors (Lipinski definition) is 1. The first kappa shape index (κ1) is 13.9. The first-order valence-corrected chi connectivity index (χ1v) is 7.47. The summed E-state index contributed by atoms with van der Waals surface area (Å²) in [4.78, 5) is 2.53. The van der Waals surface area contributed by atoms with Crippen molar-refractivity contribution in [3.63, 3.8) is 0 Å². The predicted molar refractivity (Wildman–Crippen MR) is 79.1 cm³/mol. The summed E-state index contributed by atoms with van der Waals surface area (Å²) < 4.78 is 11.7. The van der Waals surface area contributed by atoms with Crippen LogP contribution in [0.3, 0.4) is 0 Å². The van der Waals surface area contributed by atoms with E-state index in [9.17, 15) is 0 Å². The second-order valence-electron chi connectivity index (χ2n) is 5.87. The number of nitrogens with zero attached hydrogens (tertiary/aromatic N) is 1. The smallest absolute Gasteiger partial charge is 0.124 e. The van der Waals surface area contributed by atoms with Crippen molar-refractivity contribution in [2.24, 2.45) is 0 Å². The van der Waals surface area contributed by atoms with Crippen LogP contribution >= 0.6 is 0 Å². The van der Waals surface area contributed by atoms with Crippen LogP contribution in [0.25, 0.3) is 0 Å². The number of benzene rings is 1. The van der Waals surface area contributed by atoms with E-state index in [0.717, 1.165) is 25.5 Å². The zero-order chi connectivity index (χ0) is 14.1. The Morgan fingerprint density at radius 1 is 1.20 bits per heavy atom. The molecule has 4 unspecified atom stereocenters. The third-order valence-corrected chi connectivity index (χ3v) is 4.44. The third kappa shape index (κ3) is 2.43. The van der Waals surface area contributed by atoms with Crippen molar-refractivity contribution < 1.29 is 9.47 Å². The maximum Gasteiger partial charge on any atom is 0.124 e. The van der Waals surface area contributed by atoms with Crippen LogP contribution in [0.5, 0.6) is 5.75 Å². The van der Waals surface area contributed by atoms with E-state index in [1.807, 2.05) is 13.1 Å². The molecule has 2 heterocycles. The number of morpholine rings is 1. The fraction of sp³-hybridized carbons (Fsp3) is 0.625. The van der Waals surface area contributed by atoms with E-state index in [-0.39, 0.29) is 0 Å². The van der Waals surface area contributed by atoms with E-state index in [4.69, 9.17) is 9.47 Å². The fourth-order valence-electron chi connectivity index (χ4n) is 3.37. The van der Waals surface area contributed by atoms with Gasteiger partial charge in [0.2, 0.25) is 0 Å². The molecule has 0 saturated carbocycles. The molecule has 4 atom stereocenters. The van der Waals surface area contributed by atoms with Crippen molar-refractivity contribution >= 4 is 0 Å². The van der Waals surface area contributed by atoms with Crippen LogP contribution in [0, 0.1) is 0 Å². The third-order valence-electron chi connectivity index (χ3n) is 4.44. The van der Waals surface area contributed by atoms with Gasteiger partial charge in [-0.3, -0.25) is 4.90 Å². The zero-order valence-electron chi connectivity index (χ0n) is 12.5. The van der Waals surface area contributed by atoms with Gasteiger partial charge < -0.3 is 14.8 Å². The largest absolute Gasteiger partial charge is 0.492 e. The molecule has 1 aromatic rings. The second-order valence-corrected chi connectivity index (χ2v) is 5.87. The standard InChI is InChI=1S/C16H24N2O2/c1-11-9-19-12(2)8-18(11)14-10-20-15-7-5-4-6-13(15)16(14)17-3/h4-7,11-12,14,16-17H,8-10H2,1-3H3. The Hall–Kier alpha value is -1.10. The Balaban J connectivity index is 1.87. The normalized spacial score (nSPS) is 34.4. The van der Waals surface area contributed by atoms with Crippen molar-refractivity contribution in [3.05, 3.63) is 29.8 Å². The number of hydrogen-bond acceptors (Lipinski definition) is 4.